The molecule has 1 saturated heterocycles. The van der Waals surface area contributed by atoms with E-state index in [0.29, 0.717) is 24.5 Å². The van der Waals surface area contributed by atoms with Crippen LogP contribution in [0, 0.1) is 10.1 Å². The number of hydrogen-bond donors (Lipinski definition) is 5. The van der Waals surface area contributed by atoms with E-state index in [1.807, 2.05) is 0 Å². The highest BCUT2D eigenvalue weighted by atomic mass is 16.6. The third-order valence-corrected chi connectivity index (χ3v) is 5.77. The standard InChI is InChI=1S/C20H30N6O6/c27-13-17-19(29)20(30)18(28)12-24(17)9-4-2-1-3-7-21-15-6-5-14(11-16(15)26(31)32)25-10-8-22-23-25/h5-6,8,10-11,17-21,27-30H,1-4,7,9,12-13H2/t17-,18+,19-,20-/m1/s1. The molecular formula is C20H30N6O6. The van der Waals surface area contributed by atoms with Gasteiger partial charge in [-0.2, -0.15) is 0 Å². The first-order valence-electron chi connectivity index (χ1n) is 10.7. The Kier molecular flexibility index (Phi) is 8.47. The summed E-state index contributed by atoms with van der Waals surface area (Å²) in [6.07, 6.45) is 3.05. The molecule has 12 nitrogen and oxygen atoms in total. The van der Waals surface area contributed by atoms with Gasteiger partial charge in [0.05, 0.1) is 41.8 Å². The van der Waals surface area contributed by atoms with Gasteiger partial charge in [0.1, 0.15) is 17.9 Å². The fraction of sp³-hybridized carbons (Fsp3) is 0.600. The number of aromatic nitrogens is 3. The number of piperidine rings is 1. The van der Waals surface area contributed by atoms with Gasteiger partial charge in [-0.15, -0.1) is 5.10 Å². The second-order valence-corrected chi connectivity index (χ2v) is 7.94. The molecule has 0 spiro atoms. The number of β-amino-alcohol motifs (C(OH)–C–C–N with tert-alkyl or cyclic N) is 1. The summed E-state index contributed by atoms with van der Waals surface area (Å²) >= 11 is 0. The van der Waals surface area contributed by atoms with Crippen LogP contribution in [0.1, 0.15) is 25.7 Å². The Hall–Kier alpha value is -2.64. The molecule has 1 aliphatic heterocycles. The zero-order valence-corrected chi connectivity index (χ0v) is 17.7. The van der Waals surface area contributed by atoms with Crippen molar-refractivity contribution in [3.63, 3.8) is 0 Å². The molecular weight excluding hydrogens is 420 g/mol. The lowest BCUT2D eigenvalue weighted by Gasteiger charge is -2.43. The maximum absolute atomic E-state index is 11.4. The molecule has 3 rings (SSSR count). The van der Waals surface area contributed by atoms with E-state index in [0.717, 1.165) is 25.7 Å². The highest BCUT2D eigenvalue weighted by Crippen LogP contribution is 2.27. The van der Waals surface area contributed by atoms with Gasteiger partial charge in [-0.1, -0.05) is 18.1 Å². The minimum atomic E-state index is -1.25. The number of aliphatic hydroxyl groups excluding tert-OH is 4. The molecule has 0 amide bonds. The van der Waals surface area contributed by atoms with Crippen LogP contribution < -0.4 is 5.32 Å². The lowest BCUT2D eigenvalue weighted by molar-refractivity contribution is -0.383. The van der Waals surface area contributed by atoms with Crippen LogP contribution >= 0.6 is 0 Å². The largest absolute Gasteiger partial charge is 0.395 e. The Labute approximate surface area is 185 Å². The lowest BCUT2D eigenvalue weighted by atomic mass is 9.94. The topological polar surface area (TPSA) is 170 Å². The Balaban J connectivity index is 1.41. The molecule has 0 unspecified atom stereocenters. The predicted octanol–water partition coefficient (Wildman–Crippen LogP) is -0.0930. The number of benzene rings is 1. The normalized spacial score (nSPS) is 23.9. The molecule has 0 bridgehead atoms. The van der Waals surface area contributed by atoms with Crippen LogP contribution in [-0.2, 0) is 0 Å². The van der Waals surface area contributed by atoms with E-state index in [1.54, 1.807) is 23.2 Å². The molecule has 1 aromatic carbocycles. The second kappa shape index (κ2) is 11.3. The van der Waals surface area contributed by atoms with E-state index < -0.39 is 29.3 Å². The molecule has 1 aliphatic rings. The molecule has 5 N–H and O–H groups in total. The van der Waals surface area contributed by atoms with Crippen LogP contribution in [0.2, 0.25) is 0 Å². The van der Waals surface area contributed by atoms with Crippen molar-refractivity contribution in [3.8, 4) is 5.69 Å². The van der Waals surface area contributed by atoms with Crippen molar-refractivity contribution in [1.29, 1.82) is 0 Å². The van der Waals surface area contributed by atoms with E-state index >= 15 is 0 Å². The fourth-order valence-corrected chi connectivity index (χ4v) is 3.96. The van der Waals surface area contributed by atoms with Crippen LogP contribution in [0.5, 0.6) is 0 Å². The SMILES string of the molecule is O=[N+]([O-])c1cc(-n2ccnn2)ccc1NCCCCCCN1C[C@H](O)[C@@H](O)[C@H](O)[C@H]1CO. The number of anilines is 1. The van der Waals surface area contributed by atoms with E-state index in [1.165, 1.54) is 16.9 Å². The third kappa shape index (κ3) is 5.78. The monoisotopic (exact) mass is 450 g/mol. The highest BCUT2D eigenvalue weighted by Gasteiger charge is 2.40. The van der Waals surface area contributed by atoms with E-state index in [2.05, 4.69) is 15.6 Å². The number of unbranched alkanes of at least 4 members (excludes halogenated alkanes) is 3. The molecule has 1 fully saturated rings. The van der Waals surface area contributed by atoms with Gasteiger partial charge in [0, 0.05) is 19.2 Å². The molecule has 0 saturated carbocycles. The van der Waals surface area contributed by atoms with Gasteiger partial charge in [-0.05, 0) is 31.5 Å². The number of rotatable bonds is 11. The Morgan fingerprint density at radius 3 is 2.62 bits per heavy atom. The molecule has 0 aliphatic carbocycles. The van der Waals surface area contributed by atoms with E-state index in [9.17, 15) is 30.5 Å². The predicted molar refractivity (Wildman–Crippen MR) is 115 cm³/mol. The van der Waals surface area contributed by atoms with Crippen molar-refractivity contribution in [1.82, 2.24) is 19.9 Å². The Bertz CT molecular complexity index is 866. The van der Waals surface area contributed by atoms with Crippen molar-refractivity contribution in [3.05, 3.63) is 40.7 Å². The molecule has 32 heavy (non-hydrogen) atoms. The smallest absolute Gasteiger partial charge is 0.294 e. The molecule has 1 aromatic heterocycles. The van der Waals surface area contributed by atoms with Crippen molar-refractivity contribution < 1.29 is 25.3 Å². The first-order valence-corrected chi connectivity index (χ1v) is 10.7. The van der Waals surface area contributed by atoms with Gasteiger partial charge in [0.2, 0.25) is 0 Å². The Morgan fingerprint density at radius 2 is 1.94 bits per heavy atom. The molecule has 2 heterocycles. The van der Waals surface area contributed by atoms with Crippen LogP contribution in [0.4, 0.5) is 11.4 Å². The van der Waals surface area contributed by atoms with Gasteiger partial charge in [0.15, 0.2) is 0 Å². The summed E-state index contributed by atoms with van der Waals surface area (Å²) < 4.78 is 1.46. The molecule has 2 aromatic rings. The number of likely N-dealkylation sites (tertiary alicyclic amines) is 1. The number of nitro benzene ring substituents is 1. The zero-order chi connectivity index (χ0) is 23.1. The average molecular weight is 450 g/mol. The summed E-state index contributed by atoms with van der Waals surface area (Å²) in [6, 6.07) is 4.26. The maximum atomic E-state index is 11.4. The first kappa shape index (κ1) is 24.0. The molecule has 12 heteroatoms. The van der Waals surface area contributed by atoms with Gasteiger partial charge >= 0.3 is 0 Å². The average Bonchev–Trinajstić information content (AvgIpc) is 3.32. The number of aliphatic hydroxyl groups is 4. The van der Waals surface area contributed by atoms with Gasteiger partial charge < -0.3 is 25.7 Å². The van der Waals surface area contributed by atoms with Crippen molar-refractivity contribution in [2.75, 3.05) is 31.6 Å². The van der Waals surface area contributed by atoms with Crippen molar-refractivity contribution in [2.24, 2.45) is 0 Å². The minimum absolute atomic E-state index is 0.0301. The van der Waals surface area contributed by atoms with E-state index in [-0.39, 0.29) is 18.8 Å². The number of nitrogens with one attached hydrogen (secondary N) is 1. The summed E-state index contributed by atoms with van der Waals surface area (Å²) in [6.45, 7) is 1.09. The number of nitro groups is 1. The molecule has 176 valence electrons. The van der Waals surface area contributed by atoms with Crippen molar-refractivity contribution in [2.45, 2.75) is 50.0 Å². The quantitative estimate of drug-likeness (QED) is 0.177. The minimum Gasteiger partial charge on any atom is -0.395 e. The summed E-state index contributed by atoms with van der Waals surface area (Å²) in [5.41, 5.74) is 0.971. The zero-order valence-electron chi connectivity index (χ0n) is 17.7. The Morgan fingerprint density at radius 1 is 1.16 bits per heavy atom. The highest BCUT2D eigenvalue weighted by molar-refractivity contribution is 5.65. The third-order valence-electron chi connectivity index (χ3n) is 5.77. The van der Waals surface area contributed by atoms with Crippen molar-refractivity contribution >= 4 is 11.4 Å². The molecule has 0 radical (unpaired) electrons. The van der Waals surface area contributed by atoms with Crippen LogP contribution in [0.3, 0.4) is 0 Å². The summed E-state index contributed by atoms with van der Waals surface area (Å²) in [4.78, 5) is 12.8. The van der Waals surface area contributed by atoms with Crippen LogP contribution in [0.15, 0.2) is 30.6 Å². The lowest BCUT2D eigenvalue weighted by Crippen LogP contribution is -2.62. The number of nitrogens with zero attached hydrogens (tertiary/aromatic N) is 5. The number of hydrogen-bond acceptors (Lipinski definition) is 10. The van der Waals surface area contributed by atoms with Crippen LogP contribution in [0.25, 0.3) is 5.69 Å². The van der Waals surface area contributed by atoms with Gasteiger partial charge in [-0.3, -0.25) is 15.0 Å². The summed E-state index contributed by atoms with van der Waals surface area (Å²) in [5.74, 6) is 0. The maximum Gasteiger partial charge on any atom is 0.294 e. The second-order valence-electron chi connectivity index (χ2n) is 7.94. The molecule has 4 atom stereocenters. The van der Waals surface area contributed by atoms with Crippen LogP contribution in [-0.4, -0.2) is 95.8 Å². The van der Waals surface area contributed by atoms with E-state index in [4.69, 9.17) is 0 Å². The fourth-order valence-electron chi connectivity index (χ4n) is 3.96. The summed E-state index contributed by atoms with van der Waals surface area (Å²) in [5, 5.41) is 61.2. The first-order chi connectivity index (χ1) is 15.4. The van der Waals surface area contributed by atoms with Gasteiger partial charge in [-0.25, -0.2) is 4.68 Å². The van der Waals surface area contributed by atoms with Gasteiger partial charge in [0.25, 0.3) is 5.69 Å². The summed E-state index contributed by atoms with van der Waals surface area (Å²) in [7, 11) is 0.